The lowest BCUT2D eigenvalue weighted by Gasteiger charge is -2.17. The van der Waals surface area contributed by atoms with E-state index in [1.54, 1.807) is 18.2 Å². The molecule has 0 aliphatic heterocycles. The van der Waals surface area contributed by atoms with E-state index < -0.39 is 12.0 Å². The number of carboxylic acid groups (broad SMARTS) is 1. The highest BCUT2D eigenvalue weighted by Gasteiger charge is 2.16. The Hall–Kier alpha value is -2.18. The molecule has 0 aliphatic carbocycles. The average Bonchev–Trinajstić information content (AvgIpc) is 2.45. The SMILES string of the molecule is COCC(CO)Nc1nc2ccccc2cc1C(=O)O. The van der Waals surface area contributed by atoms with Crippen molar-refractivity contribution < 1.29 is 19.7 Å². The Kier molecular flexibility index (Phi) is 4.49. The molecule has 106 valence electrons. The van der Waals surface area contributed by atoms with Gasteiger partial charge in [-0.15, -0.1) is 0 Å². The van der Waals surface area contributed by atoms with Gasteiger partial charge >= 0.3 is 5.97 Å². The quantitative estimate of drug-likeness (QED) is 0.737. The zero-order valence-electron chi connectivity index (χ0n) is 11.0. The number of fused-ring (bicyclic) bond motifs is 1. The number of benzene rings is 1. The number of hydrogen-bond acceptors (Lipinski definition) is 5. The Balaban J connectivity index is 2.43. The van der Waals surface area contributed by atoms with Crippen molar-refractivity contribution in [1.29, 1.82) is 0 Å². The van der Waals surface area contributed by atoms with Crippen LogP contribution in [-0.2, 0) is 4.74 Å². The van der Waals surface area contributed by atoms with Gasteiger partial charge in [0.15, 0.2) is 0 Å². The zero-order valence-corrected chi connectivity index (χ0v) is 11.0. The molecule has 0 spiro atoms. The Morgan fingerprint density at radius 1 is 1.45 bits per heavy atom. The number of anilines is 1. The Bertz CT molecular complexity index is 615. The van der Waals surface area contributed by atoms with Gasteiger partial charge in [0.25, 0.3) is 0 Å². The number of ether oxygens (including phenoxy) is 1. The van der Waals surface area contributed by atoms with Crippen LogP contribution in [0.1, 0.15) is 10.4 Å². The minimum atomic E-state index is -1.07. The number of carbonyl (C=O) groups is 1. The minimum absolute atomic E-state index is 0.0678. The summed E-state index contributed by atoms with van der Waals surface area (Å²) in [6, 6.07) is 8.41. The van der Waals surface area contributed by atoms with Gasteiger partial charge in [-0.2, -0.15) is 0 Å². The van der Waals surface area contributed by atoms with Gasteiger partial charge in [-0.05, 0) is 12.1 Å². The van der Waals surface area contributed by atoms with E-state index in [1.807, 2.05) is 12.1 Å². The topological polar surface area (TPSA) is 91.7 Å². The largest absolute Gasteiger partial charge is 0.478 e. The molecular weight excluding hydrogens is 260 g/mol. The fraction of sp³-hybridized carbons (Fsp3) is 0.286. The number of rotatable bonds is 6. The summed E-state index contributed by atoms with van der Waals surface area (Å²) in [4.78, 5) is 15.6. The standard InChI is InChI=1S/C14H16N2O4/c1-20-8-10(7-17)15-13-11(14(18)19)6-9-4-2-3-5-12(9)16-13/h2-6,10,17H,7-8H2,1H3,(H,15,16)(H,18,19). The number of nitrogens with one attached hydrogen (secondary N) is 1. The fourth-order valence-electron chi connectivity index (χ4n) is 1.92. The summed E-state index contributed by atoms with van der Waals surface area (Å²) < 4.78 is 4.96. The first-order chi connectivity index (χ1) is 9.65. The van der Waals surface area contributed by atoms with Gasteiger partial charge < -0.3 is 20.3 Å². The first-order valence-electron chi connectivity index (χ1n) is 6.15. The minimum Gasteiger partial charge on any atom is -0.478 e. The molecule has 2 aromatic rings. The van der Waals surface area contributed by atoms with Crippen molar-refractivity contribution in [3.05, 3.63) is 35.9 Å². The van der Waals surface area contributed by atoms with Crippen LogP contribution >= 0.6 is 0 Å². The third-order valence-corrected chi connectivity index (χ3v) is 2.88. The molecule has 20 heavy (non-hydrogen) atoms. The summed E-state index contributed by atoms with van der Waals surface area (Å²) >= 11 is 0. The Morgan fingerprint density at radius 2 is 2.20 bits per heavy atom. The van der Waals surface area contributed by atoms with Crippen LogP contribution in [-0.4, -0.2) is 47.5 Å². The van der Waals surface area contributed by atoms with Gasteiger partial charge in [0.05, 0.1) is 24.8 Å². The van der Waals surface area contributed by atoms with Gasteiger partial charge in [0.2, 0.25) is 0 Å². The van der Waals surface area contributed by atoms with Crippen LogP contribution < -0.4 is 5.32 Å². The van der Waals surface area contributed by atoms with Gasteiger partial charge in [0.1, 0.15) is 11.4 Å². The second-order valence-electron chi connectivity index (χ2n) is 4.36. The van der Waals surface area contributed by atoms with Crippen LogP contribution in [0, 0.1) is 0 Å². The number of methoxy groups -OCH3 is 1. The van der Waals surface area contributed by atoms with Crippen LogP contribution in [0.5, 0.6) is 0 Å². The van der Waals surface area contributed by atoms with E-state index in [2.05, 4.69) is 10.3 Å². The van der Waals surface area contributed by atoms with Crippen molar-refractivity contribution in [2.45, 2.75) is 6.04 Å². The molecule has 0 radical (unpaired) electrons. The molecule has 1 heterocycles. The molecule has 1 atom stereocenters. The molecule has 1 aromatic heterocycles. The maximum absolute atomic E-state index is 11.3. The first-order valence-corrected chi connectivity index (χ1v) is 6.15. The van der Waals surface area contributed by atoms with Crippen LogP contribution in [0.3, 0.4) is 0 Å². The predicted molar refractivity (Wildman–Crippen MR) is 75.1 cm³/mol. The van der Waals surface area contributed by atoms with E-state index in [-0.39, 0.29) is 24.6 Å². The number of carboxylic acids is 1. The highest BCUT2D eigenvalue weighted by Crippen LogP contribution is 2.21. The van der Waals surface area contributed by atoms with Crippen LogP contribution in [0.4, 0.5) is 5.82 Å². The summed E-state index contributed by atoms with van der Waals surface area (Å²) in [5.74, 6) is -0.841. The smallest absolute Gasteiger partial charge is 0.339 e. The predicted octanol–water partition coefficient (Wildman–Crippen LogP) is 1.35. The van der Waals surface area contributed by atoms with Gasteiger partial charge in [-0.1, -0.05) is 18.2 Å². The normalized spacial score (nSPS) is 12.3. The van der Waals surface area contributed by atoms with Crippen LogP contribution in [0.25, 0.3) is 10.9 Å². The van der Waals surface area contributed by atoms with Crippen LogP contribution in [0.2, 0.25) is 0 Å². The summed E-state index contributed by atoms with van der Waals surface area (Å²) in [7, 11) is 1.51. The van der Waals surface area contributed by atoms with Gasteiger partial charge in [-0.25, -0.2) is 9.78 Å². The number of aromatic nitrogens is 1. The maximum Gasteiger partial charge on any atom is 0.339 e. The molecule has 0 fully saturated rings. The van der Waals surface area contributed by atoms with E-state index in [9.17, 15) is 15.0 Å². The van der Waals surface area contributed by atoms with Gasteiger partial charge in [-0.3, -0.25) is 0 Å². The molecule has 1 unspecified atom stereocenters. The monoisotopic (exact) mass is 276 g/mol. The highest BCUT2D eigenvalue weighted by atomic mass is 16.5. The second-order valence-corrected chi connectivity index (χ2v) is 4.36. The van der Waals surface area contributed by atoms with Crippen molar-refractivity contribution in [3.63, 3.8) is 0 Å². The summed E-state index contributed by atoms with van der Waals surface area (Å²) in [6.45, 7) is 0.0749. The maximum atomic E-state index is 11.3. The van der Waals surface area contributed by atoms with Crippen molar-refractivity contribution in [2.75, 3.05) is 25.6 Å². The summed E-state index contributed by atoms with van der Waals surface area (Å²) in [6.07, 6.45) is 0. The lowest BCUT2D eigenvalue weighted by Crippen LogP contribution is -2.30. The van der Waals surface area contributed by atoms with E-state index in [1.165, 1.54) is 7.11 Å². The molecular formula is C14H16N2O4. The lowest BCUT2D eigenvalue weighted by molar-refractivity contribution is 0.0697. The van der Waals surface area contributed by atoms with Crippen molar-refractivity contribution >= 4 is 22.7 Å². The average molecular weight is 276 g/mol. The molecule has 6 nitrogen and oxygen atoms in total. The number of pyridine rings is 1. The highest BCUT2D eigenvalue weighted by molar-refractivity contribution is 5.98. The van der Waals surface area contributed by atoms with E-state index in [0.717, 1.165) is 5.39 Å². The third-order valence-electron chi connectivity index (χ3n) is 2.88. The van der Waals surface area contributed by atoms with E-state index in [4.69, 9.17) is 4.74 Å². The molecule has 3 N–H and O–H groups in total. The molecule has 6 heteroatoms. The number of aliphatic hydroxyl groups excluding tert-OH is 1. The molecule has 1 aromatic carbocycles. The van der Waals surface area contributed by atoms with Crippen LogP contribution in [0.15, 0.2) is 30.3 Å². The first kappa shape index (κ1) is 14.2. The fourth-order valence-corrected chi connectivity index (χ4v) is 1.92. The van der Waals surface area contributed by atoms with Crippen molar-refractivity contribution in [1.82, 2.24) is 4.98 Å². The second kappa shape index (κ2) is 6.31. The zero-order chi connectivity index (χ0) is 14.5. The number of hydrogen-bond donors (Lipinski definition) is 3. The Morgan fingerprint density at radius 3 is 2.85 bits per heavy atom. The van der Waals surface area contributed by atoms with Crippen molar-refractivity contribution in [3.8, 4) is 0 Å². The van der Waals surface area contributed by atoms with Gasteiger partial charge in [0, 0.05) is 12.5 Å². The molecule has 2 rings (SSSR count). The number of para-hydroxylation sites is 1. The van der Waals surface area contributed by atoms with Crippen molar-refractivity contribution in [2.24, 2.45) is 0 Å². The third kappa shape index (κ3) is 3.04. The Labute approximate surface area is 116 Å². The molecule has 0 aliphatic rings. The summed E-state index contributed by atoms with van der Waals surface area (Å²) in [5, 5.41) is 22.2. The number of aliphatic hydroxyl groups is 1. The molecule has 0 amide bonds. The summed E-state index contributed by atoms with van der Waals surface area (Å²) in [5.41, 5.74) is 0.757. The lowest BCUT2D eigenvalue weighted by atomic mass is 10.1. The molecule has 0 saturated heterocycles. The number of nitrogens with zero attached hydrogens (tertiary/aromatic N) is 1. The van der Waals surface area contributed by atoms with E-state index in [0.29, 0.717) is 5.52 Å². The molecule has 0 bridgehead atoms. The molecule has 0 saturated carbocycles. The number of aromatic carboxylic acids is 1. The van der Waals surface area contributed by atoms with E-state index >= 15 is 0 Å².